The van der Waals surface area contributed by atoms with Crippen molar-refractivity contribution in [1.82, 2.24) is 0 Å². The van der Waals surface area contributed by atoms with Gasteiger partial charge in [-0.1, -0.05) is 96.2 Å². The molecule has 0 spiro atoms. The highest BCUT2D eigenvalue weighted by atomic mass is 79.9. The molecule has 1 aliphatic heterocycles. The molecule has 2 nitrogen and oxygen atoms in total. The Hall–Kier alpha value is -2.24. The minimum absolute atomic E-state index is 0. The summed E-state index contributed by atoms with van der Waals surface area (Å²) >= 11 is 8.24. The number of hydrogen-bond donors (Lipinski definition) is 0. The van der Waals surface area contributed by atoms with Crippen LogP contribution in [0.5, 0.6) is 0 Å². The third-order valence-electron chi connectivity index (χ3n) is 6.63. The third kappa shape index (κ3) is 5.62. The molecule has 0 atom stereocenters. The molecular formula is C30H30BrClN2S. The fourth-order valence-electron chi connectivity index (χ4n) is 5.08. The molecule has 0 fully saturated rings. The number of fused-ring (bicyclic) bond motifs is 2. The monoisotopic (exact) mass is 564 g/mol. The number of quaternary nitrogens is 1. The van der Waals surface area contributed by atoms with Crippen molar-refractivity contribution >= 4 is 34.7 Å². The van der Waals surface area contributed by atoms with Crippen molar-refractivity contribution < 1.29 is 21.5 Å². The lowest BCUT2D eigenvalue weighted by molar-refractivity contribution is -0.915. The normalized spacial score (nSPS) is 12.6. The van der Waals surface area contributed by atoms with Crippen molar-refractivity contribution in [3.05, 3.63) is 119 Å². The van der Waals surface area contributed by atoms with Crippen LogP contribution in [0, 0.1) is 0 Å². The second-order valence-electron chi connectivity index (χ2n) is 9.41. The Morgan fingerprint density at radius 1 is 0.743 bits per heavy atom. The maximum absolute atomic E-state index is 6.41. The van der Waals surface area contributed by atoms with Crippen LogP contribution in [0.1, 0.15) is 23.6 Å². The number of rotatable bonds is 7. The van der Waals surface area contributed by atoms with Crippen LogP contribution in [0.4, 0.5) is 11.4 Å². The average molecular weight is 566 g/mol. The maximum Gasteiger partial charge on any atom is 0.140 e. The van der Waals surface area contributed by atoms with Gasteiger partial charge >= 0.3 is 0 Å². The van der Waals surface area contributed by atoms with Gasteiger partial charge in [0.1, 0.15) is 6.04 Å². The van der Waals surface area contributed by atoms with Gasteiger partial charge in [-0.05, 0) is 30.3 Å². The van der Waals surface area contributed by atoms with Gasteiger partial charge in [-0.3, -0.25) is 0 Å². The van der Waals surface area contributed by atoms with Crippen molar-refractivity contribution in [3.63, 3.8) is 0 Å². The van der Waals surface area contributed by atoms with Crippen LogP contribution in [0.15, 0.2) is 113 Å². The van der Waals surface area contributed by atoms with Gasteiger partial charge in [-0.25, -0.2) is 0 Å². The van der Waals surface area contributed by atoms with Crippen LogP contribution < -0.4 is 21.9 Å². The van der Waals surface area contributed by atoms with E-state index in [4.69, 9.17) is 11.6 Å². The van der Waals surface area contributed by atoms with E-state index in [1.807, 2.05) is 17.8 Å². The van der Waals surface area contributed by atoms with Gasteiger partial charge in [0, 0.05) is 38.9 Å². The molecule has 0 bridgehead atoms. The molecule has 1 heterocycles. The summed E-state index contributed by atoms with van der Waals surface area (Å²) in [5, 5.41) is 0.785. The van der Waals surface area contributed by atoms with Gasteiger partial charge in [0.15, 0.2) is 0 Å². The van der Waals surface area contributed by atoms with Crippen LogP contribution in [-0.2, 0) is 0 Å². The standard InChI is InChI=1S/C30H30ClN2S.BrH/c1-33(2,30(23-12-5-3-6-13-23)24-14-7-4-8-15-24)21-11-20-32-26-16-9-10-17-28(26)34-29-19-18-25(31)22-27(29)32;/h3-10,12-19,22,30H,11,20-21H2,1-2H3;1H/q+1;/p-1. The third-order valence-corrected chi connectivity index (χ3v) is 8.00. The minimum Gasteiger partial charge on any atom is -1.00 e. The first-order valence-electron chi connectivity index (χ1n) is 11.8. The highest BCUT2D eigenvalue weighted by Crippen LogP contribution is 2.48. The average Bonchev–Trinajstić information content (AvgIpc) is 2.85. The zero-order chi connectivity index (χ0) is 23.5. The van der Waals surface area contributed by atoms with Gasteiger partial charge in [-0.15, -0.1) is 0 Å². The fraction of sp³-hybridized carbons (Fsp3) is 0.200. The number of halogens is 2. The highest BCUT2D eigenvalue weighted by Gasteiger charge is 2.32. The summed E-state index contributed by atoms with van der Waals surface area (Å²) in [4.78, 5) is 5.02. The second kappa shape index (κ2) is 11.2. The zero-order valence-corrected chi connectivity index (χ0v) is 23.2. The Kier molecular flexibility index (Phi) is 8.28. The van der Waals surface area contributed by atoms with Crippen LogP contribution in [-0.4, -0.2) is 31.7 Å². The first-order chi connectivity index (χ1) is 16.5. The summed E-state index contributed by atoms with van der Waals surface area (Å²) in [6, 6.07) is 37.0. The number of nitrogens with zero attached hydrogens (tertiary/aromatic N) is 2. The molecule has 5 heteroatoms. The Morgan fingerprint density at radius 3 is 1.97 bits per heavy atom. The number of anilines is 2. The number of para-hydroxylation sites is 1. The SMILES string of the molecule is C[N+](C)(CCCN1c2ccccc2Sc2ccc(Cl)cc21)C(c1ccccc1)c1ccccc1.[Br-]. The molecule has 0 N–H and O–H groups in total. The predicted octanol–water partition coefficient (Wildman–Crippen LogP) is 5.20. The van der Waals surface area contributed by atoms with Crippen LogP contribution in [0.2, 0.25) is 5.02 Å². The lowest BCUT2D eigenvalue weighted by Crippen LogP contribution is -3.00. The van der Waals surface area contributed by atoms with Crippen molar-refractivity contribution in [2.24, 2.45) is 0 Å². The molecule has 0 unspecified atom stereocenters. The van der Waals surface area contributed by atoms with E-state index in [-0.39, 0.29) is 23.0 Å². The van der Waals surface area contributed by atoms with Crippen LogP contribution >= 0.6 is 23.4 Å². The quantitative estimate of drug-likeness (QED) is 0.283. The molecule has 180 valence electrons. The van der Waals surface area contributed by atoms with Crippen LogP contribution in [0.3, 0.4) is 0 Å². The Labute approximate surface area is 228 Å². The predicted molar refractivity (Wildman–Crippen MR) is 145 cm³/mol. The molecule has 0 aromatic heterocycles. The Morgan fingerprint density at radius 2 is 1.31 bits per heavy atom. The van der Waals surface area contributed by atoms with Gasteiger partial charge < -0.3 is 26.4 Å². The molecule has 0 saturated heterocycles. The zero-order valence-electron chi connectivity index (χ0n) is 20.1. The van der Waals surface area contributed by atoms with Gasteiger partial charge in [-0.2, -0.15) is 0 Å². The van der Waals surface area contributed by atoms with Crippen molar-refractivity contribution in [1.29, 1.82) is 0 Å². The van der Waals surface area contributed by atoms with Gasteiger partial charge in [0.2, 0.25) is 0 Å². The molecule has 5 rings (SSSR count). The Balaban J connectivity index is 0.00000289. The van der Waals surface area contributed by atoms with E-state index in [0.717, 1.165) is 29.0 Å². The van der Waals surface area contributed by atoms with E-state index in [1.54, 1.807) is 0 Å². The molecule has 4 aromatic carbocycles. The summed E-state index contributed by atoms with van der Waals surface area (Å²) in [6.07, 6.45) is 1.06. The number of hydrogen-bond acceptors (Lipinski definition) is 2. The first kappa shape index (κ1) is 25.8. The molecule has 0 saturated carbocycles. The summed E-state index contributed by atoms with van der Waals surface area (Å²) in [5.41, 5.74) is 5.20. The van der Waals surface area contributed by atoms with Gasteiger partial charge in [0.25, 0.3) is 0 Å². The van der Waals surface area contributed by atoms with Crippen molar-refractivity contribution in [2.45, 2.75) is 22.3 Å². The largest absolute Gasteiger partial charge is 1.00 e. The minimum atomic E-state index is 0. The number of benzene rings is 4. The smallest absolute Gasteiger partial charge is 0.140 e. The van der Waals surface area contributed by atoms with E-state index in [1.165, 1.54) is 32.3 Å². The second-order valence-corrected chi connectivity index (χ2v) is 10.9. The molecule has 0 aliphatic carbocycles. The molecule has 1 aliphatic rings. The van der Waals surface area contributed by atoms with E-state index in [2.05, 4.69) is 116 Å². The van der Waals surface area contributed by atoms with E-state index < -0.39 is 0 Å². The van der Waals surface area contributed by atoms with E-state index in [9.17, 15) is 0 Å². The molecule has 4 aromatic rings. The lowest BCUT2D eigenvalue weighted by atomic mass is 9.95. The van der Waals surface area contributed by atoms with E-state index in [0.29, 0.717) is 0 Å². The van der Waals surface area contributed by atoms with Gasteiger partial charge in [0.05, 0.1) is 32.0 Å². The lowest BCUT2D eigenvalue weighted by Gasteiger charge is -2.40. The summed E-state index contributed by atoms with van der Waals surface area (Å²) in [5.74, 6) is 0. The molecule has 0 amide bonds. The molecule has 0 radical (unpaired) electrons. The summed E-state index contributed by atoms with van der Waals surface area (Å²) in [6.45, 7) is 2.00. The molecule has 35 heavy (non-hydrogen) atoms. The fourth-order valence-corrected chi connectivity index (χ4v) is 6.32. The maximum atomic E-state index is 6.41. The first-order valence-corrected chi connectivity index (χ1v) is 13.0. The van der Waals surface area contributed by atoms with Crippen molar-refractivity contribution in [2.75, 3.05) is 32.1 Å². The summed E-state index contributed by atoms with van der Waals surface area (Å²) < 4.78 is 0.890. The van der Waals surface area contributed by atoms with Crippen LogP contribution in [0.25, 0.3) is 0 Å². The Bertz CT molecular complexity index is 1220. The topological polar surface area (TPSA) is 3.24 Å². The summed E-state index contributed by atoms with van der Waals surface area (Å²) in [7, 11) is 4.71. The van der Waals surface area contributed by atoms with Crippen molar-refractivity contribution in [3.8, 4) is 0 Å². The molecular weight excluding hydrogens is 536 g/mol. The highest BCUT2D eigenvalue weighted by molar-refractivity contribution is 7.99. The van der Waals surface area contributed by atoms with E-state index >= 15 is 0 Å².